The fourth-order valence-electron chi connectivity index (χ4n) is 7.91. The maximum atomic E-state index is 12.9. The molecule has 11 unspecified atom stereocenters. The van der Waals surface area contributed by atoms with Crippen molar-refractivity contribution in [2.24, 2.45) is 11.3 Å². The largest absolute Gasteiger partial charge is 0.504 e. The number of benzene rings is 2. The minimum absolute atomic E-state index is 0.0172. The van der Waals surface area contributed by atoms with Crippen LogP contribution in [0, 0.1) is 11.3 Å². The van der Waals surface area contributed by atoms with Crippen molar-refractivity contribution >= 4 is 11.9 Å². The van der Waals surface area contributed by atoms with E-state index >= 15 is 0 Å². The zero-order valence-corrected chi connectivity index (χ0v) is 23.8. The molecule has 0 radical (unpaired) electrons. The van der Waals surface area contributed by atoms with E-state index in [1.165, 1.54) is 0 Å². The van der Waals surface area contributed by atoms with Gasteiger partial charge < -0.3 is 64.2 Å². The fourth-order valence-corrected chi connectivity index (χ4v) is 7.91. The lowest BCUT2D eigenvalue weighted by molar-refractivity contribution is -0.424. The molecule has 0 amide bonds. The number of aliphatic hydroxyl groups is 4. The van der Waals surface area contributed by atoms with Crippen LogP contribution in [0.15, 0.2) is 42.5 Å². The summed E-state index contributed by atoms with van der Waals surface area (Å²) in [5.41, 5.74) is -3.94. The van der Waals surface area contributed by atoms with Crippen LogP contribution in [-0.4, -0.2) is 115 Å². The summed E-state index contributed by atoms with van der Waals surface area (Å²) in [7, 11) is 0. The van der Waals surface area contributed by atoms with Gasteiger partial charge in [0.1, 0.15) is 36.1 Å². The molecule has 4 aliphatic heterocycles. The van der Waals surface area contributed by atoms with Crippen LogP contribution in [0.3, 0.4) is 0 Å². The normalized spacial score (nSPS) is 42.3. The highest BCUT2D eigenvalue weighted by atomic mass is 16.8. The number of rotatable bonds is 8. The predicted molar refractivity (Wildman–Crippen MR) is 143 cm³/mol. The zero-order valence-electron chi connectivity index (χ0n) is 23.8. The molecule has 6 bridgehead atoms. The van der Waals surface area contributed by atoms with Gasteiger partial charge in [-0.05, 0) is 37.6 Å². The quantitative estimate of drug-likeness (QED) is 0.145. The van der Waals surface area contributed by atoms with Crippen LogP contribution in [-0.2, 0) is 28.4 Å². The van der Waals surface area contributed by atoms with Crippen molar-refractivity contribution in [3.63, 3.8) is 0 Å². The zero-order chi connectivity index (χ0) is 32.1. The van der Waals surface area contributed by atoms with E-state index in [0.717, 1.165) is 12.1 Å². The molecule has 15 nitrogen and oxygen atoms in total. The highest BCUT2D eigenvalue weighted by Gasteiger charge is 2.94. The third-order valence-corrected chi connectivity index (χ3v) is 10.1. The van der Waals surface area contributed by atoms with E-state index in [2.05, 4.69) is 0 Å². The molecular weight excluding hydrogens is 600 g/mol. The monoisotopic (exact) mass is 632 g/mol. The van der Waals surface area contributed by atoms with Crippen molar-refractivity contribution in [2.45, 2.75) is 73.8 Å². The van der Waals surface area contributed by atoms with Crippen LogP contribution >= 0.6 is 0 Å². The molecular formula is C30H32O15. The number of hydrogen-bond acceptors (Lipinski definition) is 15. The molecule has 0 aromatic heterocycles. The summed E-state index contributed by atoms with van der Waals surface area (Å²) in [4.78, 5) is 25.9. The molecule has 11 atom stereocenters. The lowest BCUT2D eigenvalue weighted by atomic mass is 9.41. The third kappa shape index (κ3) is 3.99. The second-order valence-corrected chi connectivity index (χ2v) is 12.4. The Hall–Kier alpha value is -3.54. The summed E-state index contributed by atoms with van der Waals surface area (Å²) in [6.45, 7) is 0.644. The lowest BCUT2D eigenvalue weighted by Crippen LogP contribution is -2.80. The number of aliphatic hydroxyl groups excluding tert-OH is 3. The summed E-state index contributed by atoms with van der Waals surface area (Å²) in [5.74, 6) is -6.49. The van der Waals surface area contributed by atoms with E-state index in [9.17, 15) is 45.3 Å². The molecule has 4 heterocycles. The molecule has 7 N–H and O–H groups in total. The molecule has 7 fully saturated rings. The minimum Gasteiger partial charge on any atom is -0.504 e. The Kier molecular flexibility index (Phi) is 6.68. The Balaban J connectivity index is 1.17. The van der Waals surface area contributed by atoms with E-state index < -0.39 is 107 Å². The highest BCUT2D eigenvalue weighted by Crippen LogP contribution is 2.81. The fraction of sp³-hybridized carbons (Fsp3) is 0.533. The predicted octanol–water partition coefficient (Wildman–Crippen LogP) is -0.376. The van der Waals surface area contributed by atoms with Crippen LogP contribution in [0.2, 0.25) is 0 Å². The van der Waals surface area contributed by atoms with E-state index in [1.54, 1.807) is 37.3 Å². The van der Waals surface area contributed by atoms with Gasteiger partial charge in [-0.2, -0.15) is 0 Å². The van der Waals surface area contributed by atoms with E-state index in [4.69, 9.17) is 28.4 Å². The Morgan fingerprint density at radius 3 is 2.33 bits per heavy atom. The van der Waals surface area contributed by atoms with Crippen LogP contribution in [0.25, 0.3) is 0 Å². The maximum absolute atomic E-state index is 12.9. The number of hydrogen-bond donors (Lipinski definition) is 7. The molecule has 3 aliphatic carbocycles. The van der Waals surface area contributed by atoms with Gasteiger partial charge >= 0.3 is 11.9 Å². The Morgan fingerprint density at radius 2 is 1.67 bits per heavy atom. The highest BCUT2D eigenvalue weighted by molar-refractivity contribution is 5.91. The summed E-state index contributed by atoms with van der Waals surface area (Å²) in [6.07, 6.45) is -9.30. The second kappa shape index (κ2) is 9.98. The number of carbonyl (C=O) groups is 2. The number of esters is 2. The lowest BCUT2D eigenvalue weighted by Gasteiger charge is -2.67. The van der Waals surface area contributed by atoms with Gasteiger partial charge in [0.25, 0.3) is 0 Å². The Morgan fingerprint density at radius 1 is 0.978 bits per heavy atom. The van der Waals surface area contributed by atoms with Gasteiger partial charge in [0.15, 0.2) is 41.7 Å². The smallest absolute Gasteiger partial charge is 0.338 e. The Labute approximate surface area is 255 Å². The van der Waals surface area contributed by atoms with E-state index in [-0.39, 0.29) is 19.4 Å². The van der Waals surface area contributed by atoms with Crippen molar-refractivity contribution in [3.05, 3.63) is 53.6 Å². The van der Waals surface area contributed by atoms with Gasteiger partial charge in [0, 0.05) is 12.3 Å². The minimum atomic E-state index is -1.85. The maximum Gasteiger partial charge on any atom is 0.338 e. The van der Waals surface area contributed by atoms with Gasteiger partial charge in [-0.1, -0.05) is 18.2 Å². The van der Waals surface area contributed by atoms with Gasteiger partial charge in [-0.25, -0.2) is 9.59 Å². The summed E-state index contributed by atoms with van der Waals surface area (Å²) in [5, 5.41) is 72.8. The van der Waals surface area contributed by atoms with Crippen LogP contribution in [0.4, 0.5) is 0 Å². The van der Waals surface area contributed by atoms with Crippen molar-refractivity contribution in [3.8, 4) is 17.2 Å². The molecule has 3 saturated carbocycles. The van der Waals surface area contributed by atoms with Crippen LogP contribution in [0.1, 0.15) is 40.5 Å². The van der Waals surface area contributed by atoms with Crippen LogP contribution in [0.5, 0.6) is 17.2 Å². The molecule has 242 valence electrons. The molecule has 2 aromatic rings. The SMILES string of the molecule is CC12CC3(O)OC(O1)C1(COC(=O)c4ccccc4)C3CC21OC1OC(CO)C(O)C(OC(=O)c2cc(O)c(O)c(O)c2)C1O. The number of phenolic OH excluding ortho intramolecular Hbond substituents is 3. The van der Waals surface area contributed by atoms with Crippen molar-refractivity contribution in [1.82, 2.24) is 0 Å². The first-order chi connectivity index (χ1) is 21.3. The molecule has 9 rings (SSSR count). The van der Waals surface area contributed by atoms with Gasteiger partial charge in [0.05, 0.1) is 23.1 Å². The first kappa shape index (κ1) is 30.1. The standard InChI is InChI=1S/C30H32O15/c1-27-11-29(39)18-9-30(27,28(18,26(44-27)45-29)12-40-23(37)13-5-3-2-4-6-13)43-25-21(36)22(20(35)17(10-31)41-25)42-24(38)14-7-15(32)19(34)16(33)8-14/h2-8,17-18,20-22,25-26,31-36,39H,9-12H2,1H3. The Bertz CT molecular complexity index is 1510. The molecule has 0 spiro atoms. The first-order valence-corrected chi connectivity index (χ1v) is 14.4. The van der Waals surface area contributed by atoms with Crippen molar-refractivity contribution < 1.29 is 73.8 Å². The number of carbonyl (C=O) groups excluding carboxylic acids is 2. The third-order valence-electron chi connectivity index (χ3n) is 10.1. The van der Waals surface area contributed by atoms with Gasteiger partial charge in [-0.3, -0.25) is 0 Å². The summed E-state index contributed by atoms with van der Waals surface area (Å²) >= 11 is 0. The summed E-state index contributed by atoms with van der Waals surface area (Å²) in [6, 6.07) is 9.91. The van der Waals surface area contributed by atoms with E-state index in [0.29, 0.717) is 5.56 Å². The average molecular weight is 633 g/mol. The molecule has 4 saturated heterocycles. The molecule has 15 heteroatoms. The van der Waals surface area contributed by atoms with Crippen LogP contribution < -0.4 is 0 Å². The number of phenols is 3. The topological polar surface area (TPSA) is 231 Å². The number of aromatic hydroxyl groups is 3. The first-order valence-electron chi connectivity index (χ1n) is 14.4. The van der Waals surface area contributed by atoms with Gasteiger partial charge in [-0.15, -0.1) is 0 Å². The molecule has 7 aliphatic rings. The van der Waals surface area contributed by atoms with E-state index in [1.807, 2.05) is 0 Å². The molecule has 45 heavy (non-hydrogen) atoms. The average Bonchev–Trinajstić information content (AvgIpc) is 3.20. The molecule has 2 aromatic carbocycles. The summed E-state index contributed by atoms with van der Waals surface area (Å²) < 4.78 is 35.5. The van der Waals surface area contributed by atoms with Gasteiger partial charge in [0.2, 0.25) is 0 Å². The second-order valence-electron chi connectivity index (χ2n) is 12.4. The van der Waals surface area contributed by atoms with Crippen molar-refractivity contribution in [1.29, 1.82) is 0 Å². The number of ether oxygens (including phenoxy) is 6. The van der Waals surface area contributed by atoms with Crippen molar-refractivity contribution in [2.75, 3.05) is 13.2 Å².